The van der Waals surface area contributed by atoms with E-state index >= 15 is 0 Å². The molecular formula is C28H24N6O3. The molecule has 9 heteroatoms. The topological polar surface area (TPSA) is 106 Å². The monoisotopic (exact) mass is 492 g/mol. The number of aromatic nitrogens is 4. The zero-order valence-corrected chi connectivity index (χ0v) is 20.4. The van der Waals surface area contributed by atoms with Gasteiger partial charge in [-0.1, -0.05) is 12.7 Å². The number of rotatable bonds is 8. The lowest BCUT2D eigenvalue weighted by atomic mass is 10.2. The van der Waals surface area contributed by atoms with Gasteiger partial charge in [0, 0.05) is 25.3 Å². The number of nitrogens with one attached hydrogen (secondary N) is 1. The second-order valence-electron chi connectivity index (χ2n) is 8.34. The Morgan fingerprint density at radius 2 is 2.00 bits per heavy atom. The highest BCUT2D eigenvalue weighted by molar-refractivity contribution is 5.88. The Morgan fingerprint density at radius 1 is 1.11 bits per heavy atom. The molecular weight excluding hydrogens is 468 g/mol. The van der Waals surface area contributed by atoms with Gasteiger partial charge in [-0.25, -0.2) is 19.9 Å². The van der Waals surface area contributed by atoms with Crippen molar-refractivity contribution in [1.29, 1.82) is 0 Å². The number of hydrogen-bond donors (Lipinski definition) is 1. The van der Waals surface area contributed by atoms with E-state index in [0.717, 1.165) is 28.2 Å². The molecule has 0 atom stereocenters. The second kappa shape index (κ2) is 10.3. The molecule has 3 aromatic heterocycles. The molecule has 0 radical (unpaired) electrons. The first-order valence-electron chi connectivity index (χ1n) is 11.5. The van der Waals surface area contributed by atoms with Crippen LogP contribution in [0.25, 0.3) is 28.2 Å². The van der Waals surface area contributed by atoms with Gasteiger partial charge in [-0.05, 0) is 67.1 Å². The number of oxazole rings is 1. The van der Waals surface area contributed by atoms with Crippen LogP contribution >= 0.6 is 0 Å². The van der Waals surface area contributed by atoms with Gasteiger partial charge in [0.2, 0.25) is 5.91 Å². The third-order valence-electron chi connectivity index (χ3n) is 5.69. The van der Waals surface area contributed by atoms with Crippen LogP contribution in [0.5, 0.6) is 11.5 Å². The highest BCUT2D eigenvalue weighted by Crippen LogP contribution is 2.30. The standard InChI is InChI=1S/C28H24N6O3/c1-4-26(35)34(3)13-5-6-19-7-10-22-27(32-19)28(30-16-29-22)33-20-8-11-24(18(2)14-20)37-21-9-12-25-23(15-21)31-17-36-25/h4-12,14-17H,1,13H2,2-3H3,(H,29,30,33)/b6-5+. The van der Waals surface area contributed by atoms with Crippen molar-refractivity contribution in [2.24, 2.45) is 0 Å². The maximum atomic E-state index is 11.6. The van der Waals surface area contributed by atoms with Crippen molar-refractivity contribution in [3.05, 3.63) is 91.2 Å². The fourth-order valence-electron chi connectivity index (χ4n) is 3.72. The number of likely N-dealkylation sites (N-methyl/N-ethyl adjacent to an activating group) is 1. The molecule has 184 valence electrons. The van der Waals surface area contributed by atoms with Crippen LogP contribution in [0.15, 0.2) is 84.4 Å². The highest BCUT2D eigenvalue weighted by Gasteiger charge is 2.10. The Hall–Kier alpha value is -5.05. The van der Waals surface area contributed by atoms with Crippen LogP contribution in [0.3, 0.4) is 0 Å². The van der Waals surface area contributed by atoms with Gasteiger partial charge in [-0.2, -0.15) is 0 Å². The molecule has 2 aromatic carbocycles. The van der Waals surface area contributed by atoms with Gasteiger partial charge in [0.25, 0.3) is 0 Å². The zero-order valence-electron chi connectivity index (χ0n) is 20.4. The Balaban J connectivity index is 1.34. The molecule has 0 aliphatic rings. The van der Waals surface area contributed by atoms with Gasteiger partial charge >= 0.3 is 0 Å². The highest BCUT2D eigenvalue weighted by atomic mass is 16.5. The Morgan fingerprint density at radius 3 is 2.84 bits per heavy atom. The lowest BCUT2D eigenvalue weighted by Gasteiger charge is -2.12. The summed E-state index contributed by atoms with van der Waals surface area (Å²) in [4.78, 5) is 30.8. The van der Waals surface area contributed by atoms with Crippen molar-refractivity contribution in [2.45, 2.75) is 6.92 Å². The molecule has 5 rings (SSSR count). The third kappa shape index (κ3) is 5.30. The average molecular weight is 493 g/mol. The van der Waals surface area contributed by atoms with Gasteiger partial charge < -0.3 is 19.4 Å². The summed E-state index contributed by atoms with van der Waals surface area (Å²) < 4.78 is 11.4. The fraction of sp³-hybridized carbons (Fsp3) is 0.107. The van der Waals surface area contributed by atoms with Gasteiger partial charge in [0.05, 0.1) is 11.2 Å². The number of aryl methyl sites for hydroxylation is 1. The van der Waals surface area contributed by atoms with E-state index in [1.54, 1.807) is 11.9 Å². The van der Waals surface area contributed by atoms with Crippen LogP contribution in [0, 0.1) is 6.92 Å². The minimum Gasteiger partial charge on any atom is -0.457 e. The minimum atomic E-state index is -0.140. The van der Waals surface area contributed by atoms with Gasteiger partial charge in [-0.15, -0.1) is 0 Å². The molecule has 0 saturated heterocycles. The molecule has 1 amide bonds. The van der Waals surface area contributed by atoms with E-state index in [0.29, 0.717) is 34.7 Å². The Labute approximate surface area is 213 Å². The number of fused-ring (bicyclic) bond motifs is 2. The number of pyridine rings is 1. The first-order chi connectivity index (χ1) is 18.0. The smallest absolute Gasteiger partial charge is 0.245 e. The summed E-state index contributed by atoms with van der Waals surface area (Å²) in [5.41, 5.74) is 5.31. The van der Waals surface area contributed by atoms with Crippen LogP contribution in [0.1, 0.15) is 11.3 Å². The van der Waals surface area contributed by atoms with E-state index in [-0.39, 0.29) is 5.91 Å². The summed E-state index contributed by atoms with van der Waals surface area (Å²) >= 11 is 0. The molecule has 0 aliphatic heterocycles. The number of amides is 1. The number of ether oxygens (including phenoxy) is 1. The van der Waals surface area contributed by atoms with Crippen LogP contribution in [-0.2, 0) is 4.79 Å². The molecule has 37 heavy (non-hydrogen) atoms. The van der Waals surface area contributed by atoms with Crippen LogP contribution in [-0.4, -0.2) is 44.3 Å². The summed E-state index contributed by atoms with van der Waals surface area (Å²) in [6.07, 6.45) is 7.93. The number of hydrogen-bond acceptors (Lipinski definition) is 8. The number of anilines is 2. The molecule has 0 unspecified atom stereocenters. The molecule has 0 bridgehead atoms. The Bertz CT molecular complexity index is 1640. The van der Waals surface area contributed by atoms with Crippen molar-refractivity contribution in [2.75, 3.05) is 18.9 Å². The molecule has 1 N–H and O–H groups in total. The van der Waals surface area contributed by atoms with Crippen LogP contribution < -0.4 is 10.1 Å². The largest absolute Gasteiger partial charge is 0.457 e. The van der Waals surface area contributed by atoms with Crippen molar-refractivity contribution >= 4 is 45.6 Å². The van der Waals surface area contributed by atoms with Crippen LogP contribution in [0.2, 0.25) is 0 Å². The molecule has 0 fully saturated rings. The third-order valence-corrected chi connectivity index (χ3v) is 5.69. The van der Waals surface area contributed by atoms with E-state index < -0.39 is 0 Å². The molecule has 5 aromatic rings. The van der Waals surface area contributed by atoms with E-state index in [1.165, 1.54) is 18.8 Å². The predicted molar refractivity (Wildman–Crippen MR) is 143 cm³/mol. The van der Waals surface area contributed by atoms with Crippen molar-refractivity contribution < 1.29 is 13.9 Å². The zero-order chi connectivity index (χ0) is 25.8. The lowest BCUT2D eigenvalue weighted by molar-refractivity contribution is -0.124. The van der Waals surface area contributed by atoms with Crippen LogP contribution in [0.4, 0.5) is 11.5 Å². The van der Waals surface area contributed by atoms with E-state index in [2.05, 4.69) is 26.8 Å². The average Bonchev–Trinajstić information content (AvgIpc) is 3.38. The van der Waals surface area contributed by atoms with E-state index in [9.17, 15) is 4.79 Å². The quantitative estimate of drug-likeness (QED) is 0.276. The normalized spacial score (nSPS) is 11.2. The van der Waals surface area contributed by atoms with Gasteiger partial charge in [0.1, 0.15) is 28.9 Å². The lowest BCUT2D eigenvalue weighted by Crippen LogP contribution is -2.24. The molecule has 3 heterocycles. The number of carbonyl (C=O) groups is 1. The minimum absolute atomic E-state index is 0.140. The van der Waals surface area contributed by atoms with Gasteiger partial charge in [0.15, 0.2) is 17.8 Å². The van der Waals surface area contributed by atoms with E-state index in [1.807, 2.05) is 67.6 Å². The summed E-state index contributed by atoms with van der Waals surface area (Å²) in [6.45, 7) is 5.92. The first kappa shape index (κ1) is 23.7. The van der Waals surface area contributed by atoms with E-state index in [4.69, 9.17) is 14.1 Å². The number of nitrogens with zero attached hydrogens (tertiary/aromatic N) is 5. The number of benzene rings is 2. The SMILES string of the molecule is C=CC(=O)N(C)C/C=C/c1ccc2ncnc(Nc3ccc(Oc4ccc5ocnc5c4)c(C)c3)c2n1. The van der Waals surface area contributed by atoms with Crippen molar-refractivity contribution in [3.8, 4) is 11.5 Å². The molecule has 0 spiro atoms. The Kier molecular flexibility index (Phi) is 6.58. The van der Waals surface area contributed by atoms with Gasteiger partial charge in [-0.3, -0.25) is 4.79 Å². The fourth-order valence-corrected chi connectivity index (χ4v) is 3.72. The van der Waals surface area contributed by atoms with Crippen molar-refractivity contribution in [1.82, 2.24) is 24.8 Å². The molecule has 0 aliphatic carbocycles. The number of carbonyl (C=O) groups excluding carboxylic acids is 1. The summed E-state index contributed by atoms with van der Waals surface area (Å²) in [6, 6.07) is 15.1. The predicted octanol–water partition coefficient (Wildman–Crippen LogP) is 5.67. The maximum absolute atomic E-state index is 11.6. The summed E-state index contributed by atoms with van der Waals surface area (Å²) in [7, 11) is 1.71. The second-order valence-corrected chi connectivity index (χ2v) is 8.34. The molecule has 9 nitrogen and oxygen atoms in total. The van der Waals surface area contributed by atoms with Crippen molar-refractivity contribution in [3.63, 3.8) is 0 Å². The first-order valence-corrected chi connectivity index (χ1v) is 11.5. The maximum Gasteiger partial charge on any atom is 0.245 e. The summed E-state index contributed by atoms with van der Waals surface area (Å²) in [5.74, 6) is 1.85. The molecule has 0 saturated carbocycles. The summed E-state index contributed by atoms with van der Waals surface area (Å²) in [5, 5.41) is 3.34.